The van der Waals surface area contributed by atoms with Gasteiger partial charge in [0.15, 0.2) is 5.65 Å². The van der Waals surface area contributed by atoms with E-state index in [2.05, 4.69) is 19.6 Å². The summed E-state index contributed by atoms with van der Waals surface area (Å²) in [5.41, 5.74) is 1.15. The number of fused-ring (bicyclic) bond motifs is 1. The lowest BCUT2D eigenvalue weighted by atomic mass is 10.0. The summed E-state index contributed by atoms with van der Waals surface area (Å²) in [5, 5.41) is 0. The van der Waals surface area contributed by atoms with Gasteiger partial charge in [-0.3, -0.25) is 14.3 Å². The van der Waals surface area contributed by atoms with Gasteiger partial charge in [-0.15, -0.1) is 13.2 Å². The van der Waals surface area contributed by atoms with E-state index in [1.165, 1.54) is 12.1 Å². The Hall–Kier alpha value is -3.54. The van der Waals surface area contributed by atoms with E-state index in [0.717, 1.165) is 31.6 Å². The maximum absolute atomic E-state index is 12.9. The minimum Gasteiger partial charge on any atom is -0.487 e. The minimum absolute atomic E-state index is 0.0803. The van der Waals surface area contributed by atoms with E-state index >= 15 is 0 Å². The molecule has 36 heavy (non-hydrogen) atoms. The van der Waals surface area contributed by atoms with Crippen LogP contribution in [0.2, 0.25) is 0 Å². The second-order valence-electron chi connectivity index (χ2n) is 9.23. The summed E-state index contributed by atoms with van der Waals surface area (Å²) in [6.07, 6.45) is -1.06. The second kappa shape index (κ2) is 9.49. The number of benzene rings is 1. The van der Waals surface area contributed by atoms with Gasteiger partial charge in [-0.05, 0) is 50.6 Å². The highest BCUT2D eigenvalue weighted by molar-refractivity contribution is 5.94. The zero-order chi connectivity index (χ0) is 25.4. The van der Waals surface area contributed by atoms with Crippen LogP contribution in [-0.4, -0.2) is 75.9 Å². The van der Waals surface area contributed by atoms with Gasteiger partial charge in [-0.1, -0.05) is 0 Å². The fourth-order valence-electron chi connectivity index (χ4n) is 4.90. The molecule has 0 spiro atoms. The highest BCUT2D eigenvalue weighted by Gasteiger charge is 2.31. The number of hydrogen-bond acceptors (Lipinski definition) is 6. The highest BCUT2D eigenvalue weighted by Crippen LogP contribution is 2.28. The number of aromatic amines is 1. The van der Waals surface area contributed by atoms with Gasteiger partial charge < -0.3 is 19.3 Å². The van der Waals surface area contributed by atoms with Gasteiger partial charge in [0, 0.05) is 43.9 Å². The Labute approximate surface area is 204 Å². The number of halogens is 3. The van der Waals surface area contributed by atoms with Gasteiger partial charge >= 0.3 is 12.1 Å². The average molecular weight is 505 g/mol. The number of piperidine rings is 1. The molecule has 1 amide bonds. The van der Waals surface area contributed by atoms with E-state index in [1.807, 2.05) is 13.1 Å². The Kier molecular flexibility index (Phi) is 6.37. The Morgan fingerprint density at radius 3 is 2.44 bits per heavy atom. The van der Waals surface area contributed by atoms with Crippen LogP contribution in [0.3, 0.4) is 0 Å². The van der Waals surface area contributed by atoms with Gasteiger partial charge in [0.25, 0.3) is 5.91 Å². The Morgan fingerprint density at radius 2 is 1.81 bits per heavy atom. The van der Waals surface area contributed by atoms with E-state index in [9.17, 15) is 22.8 Å². The van der Waals surface area contributed by atoms with Crippen LogP contribution >= 0.6 is 0 Å². The SMILES string of the molecule is CN1CC[C@@H](Oc2cnc3[nH]c(=O)n(C4CCN(C(=O)c5ccc(OC(F)(F)F)cc5)CC4)c3c2)C1. The number of aromatic nitrogens is 3. The van der Waals surface area contributed by atoms with E-state index in [4.69, 9.17) is 4.74 Å². The Balaban J connectivity index is 1.26. The van der Waals surface area contributed by atoms with Crippen LogP contribution in [0, 0.1) is 0 Å². The molecular weight excluding hydrogens is 479 g/mol. The summed E-state index contributed by atoms with van der Waals surface area (Å²) in [6, 6.07) is 6.57. The standard InChI is InChI=1S/C24H26F3N5O4/c1-30-9-8-18(14-30)35-19-12-20-21(28-13-19)29-23(34)32(20)16-6-10-31(11-7-16)22(33)15-2-4-17(5-3-15)36-24(25,26)27/h2-5,12-13,16,18H,6-11,14H2,1H3,(H,28,29,34)/t18-/m1/s1. The molecule has 0 unspecified atom stereocenters. The largest absolute Gasteiger partial charge is 0.573 e. The molecule has 0 radical (unpaired) electrons. The van der Waals surface area contributed by atoms with Crippen molar-refractivity contribution in [2.45, 2.75) is 37.8 Å². The van der Waals surface area contributed by atoms with Crippen LogP contribution in [0.1, 0.15) is 35.7 Å². The number of pyridine rings is 1. The highest BCUT2D eigenvalue weighted by atomic mass is 19.4. The molecular formula is C24H26F3N5O4. The predicted octanol–water partition coefficient (Wildman–Crippen LogP) is 3.18. The number of carbonyl (C=O) groups is 1. The molecule has 9 nitrogen and oxygen atoms in total. The number of likely N-dealkylation sites (tertiary alicyclic amines) is 2. The number of hydrogen-bond donors (Lipinski definition) is 1. The molecule has 2 saturated heterocycles. The maximum atomic E-state index is 12.9. The summed E-state index contributed by atoms with van der Waals surface area (Å²) in [5.74, 6) is -0.0494. The van der Waals surface area contributed by atoms with Crippen LogP contribution in [0.4, 0.5) is 13.2 Å². The van der Waals surface area contributed by atoms with E-state index in [1.54, 1.807) is 15.7 Å². The van der Waals surface area contributed by atoms with E-state index < -0.39 is 6.36 Å². The molecule has 1 N–H and O–H groups in total. The van der Waals surface area contributed by atoms with E-state index in [0.29, 0.717) is 42.8 Å². The first-order valence-corrected chi connectivity index (χ1v) is 11.8. The Bertz CT molecular complexity index is 1300. The molecule has 0 aliphatic carbocycles. The molecule has 3 aromatic rings. The molecule has 5 rings (SSSR count). The van der Waals surface area contributed by atoms with Crippen molar-refractivity contribution >= 4 is 17.1 Å². The van der Waals surface area contributed by atoms with E-state index in [-0.39, 0.29) is 35.1 Å². The molecule has 2 aliphatic rings. The number of H-pyrrole nitrogens is 1. The number of alkyl halides is 3. The molecule has 1 aromatic carbocycles. The average Bonchev–Trinajstić information content (AvgIpc) is 3.39. The second-order valence-corrected chi connectivity index (χ2v) is 9.23. The molecule has 12 heteroatoms. The van der Waals surface area contributed by atoms with Crippen molar-refractivity contribution in [2.24, 2.45) is 0 Å². The first kappa shape index (κ1) is 24.2. The zero-order valence-corrected chi connectivity index (χ0v) is 19.6. The number of rotatable bonds is 5. The molecule has 2 fully saturated rings. The summed E-state index contributed by atoms with van der Waals surface area (Å²) < 4.78 is 48.7. The van der Waals surface area contributed by atoms with Crippen molar-refractivity contribution in [1.29, 1.82) is 0 Å². The zero-order valence-electron chi connectivity index (χ0n) is 19.6. The first-order valence-electron chi connectivity index (χ1n) is 11.8. The van der Waals surface area contributed by atoms with Gasteiger partial charge in [-0.25, -0.2) is 9.78 Å². The van der Waals surface area contributed by atoms with Crippen molar-refractivity contribution in [2.75, 3.05) is 33.2 Å². The van der Waals surface area contributed by atoms with Gasteiger partial charge in [0.1, 0.15) is 17.6 Å². The lowest BCUT2D eigenvalue weighted by molar-refractivity contribution is -0.274. The quantitative estimate of drug-likeness (QED) is 0.573. The third-order valence-electron chi connectivity index (χ3n) is 6.65. The van der Waals surface area contributed by atoms with Crippen molar-refractivity contribution < 1.29 is 27.4 Å². The fourth-order valence-corrected chi connectivity index (χ4v) is 4.90. The first-order chi connectivity index (χ1) is 17.2. The van der Waals surface area contributed by atoms with Crippen LogP contribution in [0.15, 0.2) is 41.3 Å². The lowest BCUT2D eigenvalue weighted by Crippen LogP contribution is -2.40. The van der Waals surface area contributed by atoms with Crippen molar-refractivity contribution in [1.82, 2.24) is 24.3 Å². The summed E-state index contributed by atoms with van der Waals surface area (Å²) in [6.45, 7) is 2.61. The number of ether oxygens (including phenoxy) is 2. The molecule has 1 atom stereocenters. The molecule has 2 aliphatic heterocycles. The minimum atomic E-state index is -4.79. The molecule has 0 bridgehead atoms. The third-order valence-corrected chi connectivity index (χ3v) is 6.65. The molecule has 2 aromatic heterocycles. The predicted molar refractivity (Wildman–Crippen MR) is 124 cm³/mol. The summed E-state index contributed by atoms with van der Waals surface area (Å²) in [4.78, 5) is 36.6. The van der Waals surface area contributed by atoms with Crippen LogP contribution in [-0.2, 0) is 0 Å². The number of likely N-dealkylation sites (N-methyl/N-ethyl adjacent to an activating group) is 1. The molecule has 192 valence electrons. The summed E-state index contributed by atoms with van der Waals surface area (Å²) in [7, 11) is 2.04. The number of amides is 1. The van der Waals surface area contributed by atoms with Gasteiger partial charge in [0.05, 0.1) is 11.7 Å². The normalized spacial score (nSPS) is 19.7. The molecule has 4 heterocycles. The fraction of sp³-hybridized carbons (Fsp3) is 0.458. The topological polar surface area (TPSA) is 92.7 Å². The number of nitrogens with one attached hydrogen (secondary N) is 1. The van der Waals surface area contributed by atoms with Crippen molar-refractivity contribution in [3.63, 3.8) is 0 Å². The number of carbonyl (C=O) groups excluding carboxylic acids is 1. The maximum Gasteiger partial charge on any atom is 0.573 e. The van der Waals surface area contributed by atoms with Crippen LogP contribution in [0.5, 0.6) is 11.5 Å². The van der Waals surface area contributed by atoms with Crippen LogP contribution < -0.4 is 15.2 Å². The van der Waals surface area contributed by atoms with Gasteiger partial charge in [-0.2, -0.15) is 0 Å². The lowest BCUT2D eigenvalue weighted by Gasteiger charge is -2.32. The smallest absolute Gasteiger partial charge is 0.487 e. The van der Waals surface area contributed by atoms with Crippen molar-refractivity contribution in [3.8, 4) is 11.5 Å². The monoisotopic (exact) mass is 505 g/mol. The number of imidazole rings is 1. The summed E-state index contributed by atoms with van der Waals surface area (Å²) >= 11 is 0. The third kappa shape index (κ3) is 5.18. The Morgan fingerprint density at radius 1 is 1.08 bits per heavy atom. The van der Waals surface area contributed by atoms with Crippen LogP contribution in [0.25, 0.3) is 11.2 Å². The van der Waals surface area contributed by atoms with Gasteiger partial charge in [0.2, 0.25) is 0 Å². The number of nitrogens with zero attached hydrogens (tertiary/aromatic N) is 4. The molecule has 0 saturated carbocycles. The van der Waals surface area contributed by atoms with Crippen molar-refractivity contribution in [3.05, 3.63) is 52.6 Å².